The Hall–Kier alpha value is -3.87. The first-order chi connectivity index (χ1) is 13.9. The van der Waals surface area contributed by atoms with Crippen molar-refractivity contribution in [3.63, 3.8) is 0 Å². The molecule has 1 aromatic heterocycles. The lowest BCUT2D eigenvalue weighted by Crippen LogP contribution is -2.27. The van der Waals surface area contributed by atoms with Gasteiger partial charge in [0.05, 0.1) is 5.39 Å². The summed E-state index contributed by atoms with van der Waals surface area (Å²) in [6.07, 6.45) is 5.00. The molecule has 146 valence electrons. The maximum absolute atomic E-state index is 14.7. The average Bonchev–Trinajstić information content (AvgIpc) is 2.69. The van der Waals surface area contributed by atoms with Gasteiger partial charge in [0.15, 0.2) is 11.6 Å². The van der Waals surface area contributed by atoms with E-state index in [1.165, 1.54) is 10.8 Å². The van der Waals surface area contributed by atoms with Crippen LogP contribution >= 0.6 is 0 Å². The third kappa shape index (κ3) is 2.97. The van der Waals surface area contributed by atoms with Gasteiger partial charge in [-0.3, -0.25) is 9.59 Å². The lowest BCUT2D eigenvalue weighted by atomic mass is 10.1. The highest BCUT2D eigenvalue weighted by Crippen LogP contribution is 2.36. The number of nitrogens with two attached hydrogens (primary N) is 1. The second kappa shape index (κ2) is 6.94. The molecule has 3 aromatic rings. The van der Waals surface area contributed by atoms with Crippen LogP contribution in [-0.2, 0) is 0 Å². The second-order valence-electron chi connectivity index (χ2n) is 6.59. The van der Waals surface area contributed by atoms with Crippen LogP contribution in [0, 0.1) is 5.82 Å². The molecule has 1 aliphatic heterocycles. The Morgan fingerprint density at radius 3 is 2.72 bits per heavy atom. The van der Waals surface area contributed by atoms with E-state index in [4.69, 9.17) is 10.5 Å². The number of amides is 1. The van der Waals surface area contributed by atoms with Gasteiger partial charge >= 0.3 is 0 Å². The maximum Gasteiger partial charge on any atom is 0.254 e. The van der Waals surface area contributed by atoms with E-state index in [9.17, 15) is 14.0 Å². The molecule has 29 heavy (non-hydrogen) atoms. The highest BCUT2D eigenvalue weighted by molar-refractivity contribution is 6.01. The van der Waals surface area contributed by atoms with Gasteiger partial charge in [-0.25, -0.2) is 4.39 Å². The number of primary amides is 1. The summed E-state index contributed by atoms with van der Waals surface area (Å²) in [6, 6.07) is 8.70. The van der Waals surface area contributed by atoms with Gasteiger partial charge in [-0.1, -0.05) is 30.8 Å². The minimum Gasteiger partial charge on any atom is -0.485 e. The lowest BCUT2D eigenvalue weighted by Gasteiger charge is -2.20. The van der Waals surface area contributed by atoms with Crippen molar-refractivity contribution in [1.29, 1.82) is 0 Å². The quantitative estimate of drug-likeness (QED) is 0.692. The first-order valence-corrected chi connectivity index (χ1v) is 8.91. The molecule has 2 aromatic carbocycles. The fraction of sp³-hybridized carbons (Fsp3) is 0.0909. The molecule has 0 saturated carbocycles. The Morgan fingerprint density at radius 1 is 1.31 bits per heavy atom. The number of pyridine rings is 1. The first-order valence-electron chi connectivity index (χ1n) is 8.91. The molecule has 6 nitrogen and oxygen atoms in total. The second-order valence-corrected chi connectivity index (χ2v) is 6.59. The molecule has 3 N–H and O–H groups in total. The van der Waals surface area contributed by atoms with Gasteiger partial charge in [0.1, 0.15) is 23.4 Å². The number of anilines is 1. The molecule has 4 rings (SSSR count). The van der Waals surface area contributed by atoms with Crippen LogP contribution in [0.5, 0.6) is 5.75 Å². The molecule has 1 aliphatic rings. The van der Waals surface area contributed by atoms with Gasteiger partial charge in [-0.05, 0) is 28.7 Å². The summed E-state index contributed by atoms with van der Waals surface area (Å²) in [5.41, 5.74) is 5.34. The first kappa shape index (κ1) is 18.5. The van der Waals surface area contributed by atoms with Crippen LogP contribution in [0.15, 0.2) is 47.9 Å². The minimum atomic E-state index is -0.903. The van der Waals surface area contributed by atoms with Gasteiger partial charge in [-0.15, -0.1) is 0 Å². The average molecular weight is 391 g/mol. The summed E-state index contributed by atoms with van der Waals surface area (Å²) in [7, 11) is 1.56. The zero-order valence-corrected chi connectivity index (χ0v) is 15.7. The summed E-state index contributed by atoms with van der Waals surface area (Å²) >= 11 is 0. The molecular formula is C22H18FN3O3. The van der Waals surface area contributed by atoms with Crippen LogP contribution in [-0.4, -0.2) is 24.1 Å². The Morgan fingerprint density at radius 2 is 2.03 bits per heavy atom. The van der Waals surface area contributed by atoms with E-state index < -0.39 is 17.2 Å². The summed E-state index contributed by atoms with van der Waals surface area (Å²) < 4.78 is 22.2. The summed E-state index contributed by atoms with van der Waals surface area (Å²) in [5.74, 6) is -1.42. The number of carbonyl (C=O) groups is 1. The van der Waals surface area contributed by atoms with Gasteiger partial charge in [0, 0.05) is 18.9 Å². The fourth-order valence-corrected chi connectivity index (χ4v) is 3.49. The minimum absolute atomic E-state index is 0.0174. The van der Waals surface area contributed by atoms with Crippen molar-refractivity contribution in [3.8, 4) is 5.75 Å². The molecule has 0 radical (unpaired) electrons. The molecular weight excluding hydrogens is 373 g/mol. The zero-order valence-electron chi connectivity index (χ0n) is 15.7. The van der Waals surface area contributed by atoms with E-state index in [2.05, 4.69) is 11.9 Å². The Bertz CT molecular complexity index is 1370. The standard InChI is InChI=1S/C22H18FN3O3/c1-12-9-14-6-4-3-5-13(14)7-8-29-21-18(25-2)17(23)10-15-19(21)26(12)11-16(20(15)27)22(24)28/h3-7,9-11,25H,1,8H2,2H3,(H2,24,28)/b13-7-,14-9-. The van der Waals surface area contributed by atoms with E-state index in [0.29, 0.717) is 11.2 Å². The molecule has 7 heteroatoms. The van der Waals surface area contributed by atoms with E-state index in [-0.39, 0.29) is 29.0 Å². The van der Waals surface area contributed by atoms with Crippen LogP contribution in [0.3, 0.4) is 0 Å². The van der Waals surface area contributed by atoms with Gasteiger partial charge in [0.25, 0.3) is 5.91 Å². The predicted molar refractivity (Wildman–Crippen MR) is 112 cm³/mol. The van der Waals surface area contributed by atoms with E-state index in [1.807, 2.05) is 36.4 Å². The van der Waals surface area contributed by atoms with Crippen LogP contribution in [0.4, 0.5) is 10.1 Å². The number of nitrogens with zero attached hydrogens (tertiary/aromatic N) is 1. The molecule has 0 unspecified atom stereocenters. The highest BCUT2D eigenvalue weighted by atomic mass is 19.1. The molecule has 0 atom stereocenters. The fourth-order valence-electron chi connectivity index (χ4n) is 3.49. The number of carbonyl (C=O) groups excluding carboxylic acids is 1. The van der Waals surface area contributed by atoms with Crippen molar-refractivity contribution in [2.45, 2.75) is 0 Å². The van der Waals surface area contributed by atoms with Crippen molar-refractivity contribution in [3.05, 3.63) is 75.1 Å². The van der Waals surface area contributed by atoms with Crippen molar-refractivity contribution in [1.82, 2.24) is 4.57 Å². The summed E-state index contributed by atoms with van der Waals surface area (Å²) in [5, 5.41) is 4.56. The van der Waals surface area contributed by atoms with Crippen molar-refractivity contribution >= 4 is 40.3 Å². The van der Waals surface area contributed by atoms with Crippen LogP contribution in [0.25, 0.3) is 28.8 Å². The van der Waals surface area contributed by atoms with Crippen molar-refractivity contribution < 1.29 is 13.9 Å². The molecule has 0 saturated heterocycles. The number of nitrogens with one attached hydrogen (secondary N) is 1. The SMILES string of the molecule is C=C1/C=c2/cccc/c2=C/COc2c(NC)c(F)cc3c(=O)c(C(N)=O)cn1c23. The van der Waals surface area contributed by atoms with E-state index >= 15 is 0 Å². The largest absolute Gasteiger partial charge is 0.485 e. The number of hydrogen-bond acceptors (Lipinski definition) is 4. The van der Waals surface area contributed by atoms with Crippen molar-refractivity contribution in [2.24, 2.45) is 5.73 Å². The van der Waals surface area contributed by atoms with E-state index in [1.54, 1.807) is 7.05 Å². The number of aromatic nitrogens is 1. The predicted octanol–water partition coefficient (Wildman–Crippen LogP) is 1.41. The Labute approximate surface area is 165 Å². The lowest BCUT2D eigenvalue weighted by molar-refractivity contribution is 0.0999. The number of ether oxygens (including phenoxy) is 1. The third-order valence-corrected chi connectivity index (χ3v) is 4.87. The normalized spacial score (nSPS) is 15.3. The summed E-state index contributed by atoms with van der Waals surface area (Å²) in [4.78, 5) is 24.7. The van der Waals surface area contributed by atoms with Gasteiger partial charge in [0.2, 0.25) is 5.43 Å². The molecule has 2 heterocycles. The number of fused-ring (bicyclic) bond motifs is 1. The maximum atomic E-state index is 14.7. The number of benzene rings is 2. The highest BCUT2D eigenvalue weighted by Gasteiger charge is 2.22. The third-order valence-electron chi connectivity index (χ3n) is 4.87. The topological polar surface area (TPSA) is 86.3 Å². The monoisotopic (exact) mass is 391 g/mol. The van der Waals surface area contributed by atoms with Crippen molar-refractivity contribution in [2.75, 3.05) is 19.0 Å². The number of allylic oxidation sites excluding steroid dienone is 1. The van der Waals surface area contributed by atoms with Gasteiger partial charge in [-0.2, -0.15) is 0 Å². The molecule has 0 bridgehead atoms. The van der Waals surface area contributed by atoms with Crippen LogP contribution in [0.1, 0.15) is 10.4 Å². The molecule has 0 fully saturated rings. The smallest absolute Gasteiger partial charge is 0.254 e. The number of halogens is 1. The number of rotatable bonds is 2. The zero-order chi connectivity index (χ0) is 20.7. The summed E-state index contributed by atoms with van der Waals surface area (Å²) in [6.45, 7) is 4.24. The van der Waals surface area contributed by atoms with Crippen LogP contribution < -0.4 is 31.7 Å². The Kier molecular flexibility index (Phi) is 4.43. The molecule has 0 aliphatic carbocycles. The van der Waals surface area contributed by atoms with E-state index in [0.717, 1.165) is 16.5 Å². The van der Waals surface area contributed by atoms with Crippen LogP contribution in [0.2, 0.25) is 0 Å². The van der Waals surface area contributed by atoms with Gasteiger partial charge < -0.3 is 20.4 Å². The Balaban J connectivity index is 2.21. The molecule has 0 spiro atoms. The molecule has 1 amide bonds. The number of hydrogen-bond donors (Lipinski definition) is 2.